The van der Waals surface area contributed by atoms with Crippen molar-refractivity contribution >= 4 is 28.9 Å². The summed E-state index contributed by atoms with van der Waals surface area (Å²) in [5.41, 5.74) is 3.02. The molecular formula is C17H14Cl2FN5O. The average molecular weight is 394 g/mol. The van der Waals surface area contributed by atoms with E-state index in [2.05, 4.69) is 15.2 Å². The highest BCUT2D eigenvalue weighted by Crippen LogP contribution is 2.28. The minimum absolute atomic E-state index is 0.126. The first kappa shape index (κ1) is 17.1. The summed E-state index contributed by atoms with van der Waals surface area (Å²) in [6, 6.07) is 4.39. The van der Waals surface area contributed by atoms with Crippen molar-refractivity contribution in [2.75, 3.05) is 11.4 Å². The normalized spacial score (nSPS) is 13.7. The molecule has 0 fully saturated rings. The lowest BCUT2D eigenvalue weighted by molar-refractivity contribution is 0.625. The van der Waals surface area contributed by atoms with Crippen molar-refractivity contribution in [3.63, 3.8) is 0 Å². The molecule has 0 aliphatic carbocycles. The Morgan fingerprint density at radius 3 is 2.96 bits per heavy atom. The molecule has 134 valence electrons. The van der Waals surface area contributed by atoms with Gasteiger partial charge in [0.1, 0.15) is 10.8 Å². The number of halogens is 3. The van der Waals surface area contributed by atoms with Crippen molar-refractivity contribution in [2.24, 2.45) is 0 Å². The number of aromatic amines is 1. The van der Waals surface area contributed by atoms with Crippen LogP contribution in [0.4, 0.5) is 10.1 Å². The Morgan fingerprint density at radius 1 is 1.31 bits per heavy atom. The highest BCUT2D eigenvalue weighted by Gasteiger charge is 2.23. The van der Waals surface area contributed by atoms with Gasteiger partial charge >= 0.3 is 0 Å². The van der Waals surface area contributed by atoms with E-state index in [1.54, 1.807) is 18.6 Å². The third kappa shape index (κ3) is 3.08. The van der Waals surface area contributed by atoms with E-state index in [9.17, 15) is 9.18 Å². The fraction of sp³-hybridized carbons (Fsp3) is 0.235. The van der Waals surface area contributed by atoms with Gasteiger partial charge in [-0.05, 0) is 17.7 Å². The maximum Gasteiger partial charge on any atom is 0.285 e. The first-order valence-corrected chi connectivity index (χ1v) is 8.73. The summed E-state index contributed by atoms with van der Waals surface area (Å²) in [5.74, 6) is -0.356. The van der Waals surface area contributed by atoms with Gasteiger partial charge in [0.05, 0.1) is 37.0 Å². The summed E-state index contributed by atoms with van der Waals surface area (Å²) in [6.45, 7) is 1.74. The van der Waals surface area contributed by atoms with E-state index in [1.165, 1.54) is 12.1 Å². The summed E-state index contributed by atoms with van der Waals surface area (Å²) >= 11 is 12.2. The molecular weight excluding hydrogens is 380 g/mol. The molecule has 1 aromatic carbocycles. The number of rotatable bonds is 3. The van der Waals surface area contributed by atoms with E-state index in [-0.39, 0.29) is 10.8 Å². The number of nitrogens with zero attached hydrogens (tertiary/aromatic N) is 4. The molecule has 0 bridgehead atoms. The van der Waals surface area contributed by atoms with E-state index in [0.717, 1.165) is 23.4 Å². The van der Waals surface area contributed by atoms with Crippen LogP contribution in [0.5, 0.6) is 0 Å². The SMILES string of the molecule is O=c1[nH]ncc(N2CCc3c(ncn3Cc3ccc(F)cc3Cl)C2)c1Cl. The van der Waals surface area contributed by atoms with Crippen LogP contribution in [0.2, 0.25) is 10.0 Å². The van der Waals surface area contributed by atoms with Gasteiger partial charge in [-0.1, -0.05) is 29.3 Å². The number of fused-ring (bicyclic) bond motifs is 1. The van der Waals surface area contributed by atoms with Gasteiger partial charge in [-0.25, -0.2) is 14.5 Å². The zero-order valence-electron chi connectivity index (χ0n) is 13.5. The van der Waals surface area contributed by atoms with Gasteiger partial charge in [-0.2, -0.15) is 5.10 Å². The van der Waals surface area contributed by atoms with Crippen molar-refractivity contribution in [1.29, 1.82) is 0 Å². The van der Waals surface area contributed by atoms with E-state index in [4.69, 9.17) is 23.2 Å². The number of aromatic nitrogens is 4. The number of imidazole rings is 1. The molecule has 1 N–H and O–H groups in total. The molecule has 0 radical (unpaired) electrons. The van der Waals surface area contributed by atoms with E-state index in [1.807, 2.05) is 9.47 Å². The highest BCUT2D eigenvalue weighted by atomic mass is 35.5. The lowest BCUT2D eigenvalue weighted by Gasteiger charge is -2.29. The Hall–Kier alpha value is -2.38. The minimum Gasteiger partial charge on any atom is -0.362 e. The Kier molecular flexibility index (Phi) is 4.42. The monoisotopic (exact) mass is 393 g/mol. The molecule has 0 amide bonds. The Bertz CT molecular complexity index is 1030. The number of anilines is 1. The molecule has 2 aromatic heterocycles. The Morgan fingerprint density at radius 2 is 2.15 bits per heavy atom. The molecule has 1 aliphatic rings. The van der Waals surface area contributed by atoms with Crippen molar-refractivity contribution in [3.8, 4) is 0 Å². The predicted molar refractivity (Wildman–Crippen MR) is 97.4 cm³/mol. The number of hydrogen-bond acceptors (Lipinski definition) is 4. The predicted octanol–water partition coefficient (Wildman–Crippen LogP) is 3.02. The first-order valence-electron chi connectivity index (χ1n) is 7.98. The van der Waals surface area contributed by atoms with Crippen LogP contribution in [0, 0.1) is 5.82 Å². The van der Waals surface area contributed by atoms with Gasteiger partial charge in [0, 0.05) is 23.7 Å². The highest BCUT2D eigenvalue weighted by molar-refractivity contribution is 6.33. The summed E-state index contributed by atoms with van der Waals surface area (Å²) < 4.78 is 15.2. The number of hydrogen-bond donors (Lipinski definition) is 1. The second-order valence-electron chi connectivity index (χ2n) is 6.07. The van der Waals surface area contributed by atoms with E-state index in [0.29, 0.717) is 30.3 Å². The van der Waals surface area contributed by atoms with Crippen LogP contribution in [0.15, 0.2) is 35.5 Å². The number of nitrogens with one attached hydrogen (secondary N) is 1. The first-order chi connectivity index (χ1) is 12.5. The van der Waals surface area contributed by atoms with Crippen LogP contribution in [-0.2, 0) is 19.5 Å². The maximum atomic E-state index is 13.2. The fourth-order valence-electron chi connectivity index (χ4n) is 3.14. The molecule has 0 spiro atoms. The largest absolute Gasteiger partial charge is 0.362 e. The minimum atomic E-state index is -0.411. The van der Waals surface area contributed by atoms with Gasteiger partial charge in [-0.15, -0.1) is 0 Å². The number of H-pyrrole nitrogens is 1. The summed E-state index contributed by atoms with van der Waals surface area (Å²) in [6.07, 6.45) is 4.03. The van der Waals surface area contributed by atoms with E-state index >= 15 is 0 Å². The topological polar surface area (TPSA) is 66.8 Å². The zero-order chi connectivity index (χ0) is 18.3. The third-order valence-electron chi connectivity index (χ3n) is 4.47. The van der Waals surface area contributed by atoms with Gasteiger partial charge in [0.25, 0.3) is 5.56 Å². The van der Waals surface area contributed by atoms with Crippen molar-refractivity contribution in [3.05, 3.63) is 73.9 Å². The molecule has 4 rings (SSSR count). The van der Waals surface area contributed by atoms with Crippen LogP contribution >= 0.6 is 23.2 Å². The fourth-order valence-corrected chi connectivity index (χ4v) is 3.58. The van der Waals surface area contributed by atoms with Crippen LogP contribution in [0.3, 0.4) is 0 Å². The van der Waals surface area contributed by atoms with Crippen LogP contribution in [0.1, 0.15) is 17.0 Å². The van der Waals surface area contributed by atoms with Crippen molar-refractivity contribution < 1.29 is 4.39 Å². The average Bonchev–Trinajstić information content (AvgIpc) is 3.02. The molecule has 1 aliphatic heterocycles. The summed E-state index contributed by atoms with van der Waals surface area (Å²) in [7, 11) is 0. The lowest BCUT2D eigenvalue weighted by atomic mass is 10.1. The Balaban J connectivity index is 1.59. The quantitative estimate of drug-likeness (QED) is 0.742. The number of benzene rings is 1. The molecule has 6 nitrogen and oxygen atoms in total. The molecule has 0 unspecified atom stereocenters. The molecule has 26 heavy (non-hydrogen) atoms. The van der Waals surface area contributed by atoms with Crippen molar-refractivity contribution in [2.45, 2.75) is 19.5 Å². The Labute approximate surface area is 158 Å². The second kappa shape index (κ2) is 6.74. The second-order valence-corrected chi connectivity index (χ2v) is 6.86. The molecule has 0 atom stereocenters. The van der Waals surface area contributed by atoms with Gasteiger partial charge in [-0.3, -0.25) is 4.79 Å². The third-order valence-corrected chi connectivity index (χ3v) is 5.18. The molecule has 9 heteroatoms. The smallest absolute Gasteiger partial charge is 0.285 e. The standard InChI is InChI=1S/C17H14Cl2FN5O/c18-12-5-11(20)2-1-10(12)7-25-9-21-13-8-24(4-3-14(13)25)15-6-22-23-17(26)16(15)19/h1-2,5-6,9H,3-4,7-8H2,(H,23,26). The molecule has 3 heterocycles. The molecule has 3 aromatic rings. The van der Waals surface area contributed by atoms with Crippen LogP contribution < -0.4 is 10.5 Å². The summed E-state index contributed by atoms with van der Waals surface area (Å²) in [4.78, 5) is 18.1. The van der Waals surface area contributed by atoms with Gasteiger partial charge in [0.15, 0.2) is 0 Å². The summed E-state index contributed by atoms with van der Waals surface area (Å²) in [5, 5.41) is 6.66. The van der Waals surface area contributed by atoms with E-state index < -0.39 is 5.56 Å². The maximum absolute atomic E-state index is 13.2. The lowest BCUT2D eigenvalue weighted by Crippen LogP contribution is -2.32. The van der Waals surface area contributed by atoms with Crippen LogP contribution in [-0.4, -0.2) is 26.3 Å². The van der Waals surface area contributed by atoms with Gasteiger partial charge in [0.2, 0.25) is 0 Å². The van der Waals surface area contributed by atoms with Crippen LogP contribution in [0.25, 0.3) is 0 Å². The van der Waals surface area contributed by atoms with Gasteiger partial charge < -0.3 is 9.47 Å². The molecule has 0 saturated carbocycles. The van der Waals surface area contributed by atoms with Crippen molar-refractivity contribution in [1.82, 2.24) is 19.7 Å². The molecule has 0 saturated heterocycles. The zero-order valence-corrected chi connectivity index (χ0v) is 15.1.